The molecule has 4 heteroatoms. The predicted octanol–water partition coefficient (Wildman–Crippen LogP) is 1.65. The molecule has 0 amide bonds. The molecular weight excluding hydrogens is 202 g/mol. The highest BCUT2D eigenvalue weighted by atomic mass is 79.9. The molecule has 0 aliphatic rings. The molecule has 0 saturated heterocycles. The zero-order valence-corrected chi connectivity index (χ0v) is 6.91. The zero-order chi connectivity index (χ0) is 6.69. The van der Waals surface area contributed by atoms with Crippen LogP contribution in [0.2, 0.25) is 0 Å². The number of hydrogen-bond acceptors (Lipinski definition) is 3. The lowest BCUT2D eigenvalue weighted by atomic mass is 10.4. The number of rotatable bonds is 2. The summed E-state index contributed by atoms with van der Waals surface area (Å²) in [5.41, 5.74) is 0.835. The maximum Gasteiger partial charge on any atom is 0.159 e. The molecule has 0 N–H and O–H groups in total. The van der Waals surface area contributed by atoms with Crippen LogP contribution in [0.5, 0.6) is 0 Å². The monoisotopic (exact) mass is 205 g/mol. The molecule has 0 unspecified atom stereocenters. The Morgan fingerprint density at radius 2 is 2.67 bits per heavy atom. The summed E-state index contributed by atoms with van der Waals surface area (Å²) in [5, 5.41) is 1.86. The molecule has 9 heavy (non-hydrogen) atoms. The van der Waals surface area contributed by atoms with E-state index in [1.54, 1.807) is 0 Å². The van der Waals surface area contributed by atoms with Gasteiger partial charge in [-0.3, -0.25) is 0 Å². The molecule has 1 rings (SSSR count). The third-order valence-electron chi connectivity index (χ3n) is 0.816. The second-order valence-corrected chi connectivity index (χ2v) is 3.60. The Bertz CT molecular complexity index is 210. The first-order chi connectivity index (χ1) is 4.33. The van der Waals surface area contributed by atoms with Gasteiger partial charge in [0.2, 0.25) is 0 Å². The van der Waals surface area contributed by atoms with E-state index >= 15 is 0 Å². The Kier molecular flexibility index (Phi) is 2.36. The highest BCUT2D eigenvalue weighted by molar-refractivity contribution is 9.11. The summed E-state index contributed by atoms with van der Waals surface area (Å²) in [6, 6.07) is 0. The van der Waals surface area contributed by atoms with Crippen LogP contribution in [0.15, 0.2) is 9.30 Å². The van der Waals surface area contributed by atoms with Crippen LogP contribution in [-0.2, 0) is 11.2 Å². The summed E-state index contributed by atoms with van der Waals surface area (Å²) < 4.78 is 0.833. The molecule has 0 spiro atoms. The van der Waals surface area contributed by atoms with Gasteiger partial charge in [0.05, 0.1) is 5.69 Å². The third kappa shape index (κ3) is 1.87. The smallest absolute Gasteiger partial charge is 0.159 e. The lowest BCUT2D eigenvalue weighted by Gasteiger charge is -1.78. The summed E-state index contributed by atoms with van der Waals surface area (Å²) in [7, 11) is 0. The number of aldehydes is 1. The van der Waals surface area contributed by atoms with Crippen molar-refractivity contribution in [3.63, 3.8) is 0 Å². The van der Waals surface area contributed by atoms with Gasteiger partial charge < -0.3 is 4.79 Å². The lowest BCUT2D eigenvalue weighted by molar-refractivity contribution is -0.107. The van der Waals surface area contributed by atoms with Gasteiger partial charge in [-0.25, -0.2) is 4.98 Å². The van der Waals surface area contributed by atoms with Crippen molar-refractivity contribution in [2.24, 2.45) is 0 Å². The van der Waals surface area contributed by atoms with Crippen LogP contribution >= 0.6 is 27.3 Å². The Hall–Kier alpha value is -0.220. The average molecular weight is 206 g/mol. The number of carbonyl (C=O) groups excluding carboxylic acids is 1. The summed E-state index contributed by atoms with van der Waals surface area (Å²) in [5.74, 6) is 0. The van der Waals surface area contributed by atoms with Gasteiger partial charge in [-0.1, -0.05) is 0 Å². The van der Waals surface area contributed by atoms with E-state index < -0.39 is 0 Å². The molecule has 1 aromatic rings. The zero-order valence-electron chi connectivity index (χ0n) is 4.50. The maximum atomic E-state index is 9.93. The highest BCUT2D eigenvalue weighted by Crippen LogP contribution is 2.15. The molecule has 0 aliphatic carbocycles. The van der Waals surface area contributed by atoms with E-state index in [-0.39, 0.29) is 0 Å². The Labute approximate surface area is 65.1 Å². The third-order valence-corrected chi connectivity index (χ3v) is 2.23. The number of hydrogen-bond donors (Lipinski definition) is 0. The van der Waals surface area contributed by atoms with E-state index in [4.69, 9.17) is 0 Å². The second-order valence-electron chi connectivity index (χ2n) is 1.46. The molecule has 1 aromatic heterocycles. The molecule has 0 aliphatic heterocycles. The summed E-state index contributed by atoms with van der Waals surface area (Å²) in [6.45, 7) is 0. The molecule has 0 aromatic carbocycles. The molecule has 0 radical (unpaired) electrons. The van der Waals surface area contributed by atoms with Gasteiger partial charge in [-0.15, -0.1) is 11.3 Å². The van der Waals surface area contributed by atoms with E-state index in [9.17, 15) is 4.79 Å². The highest BCUT2D eigenvalue weighted by Gasteiger charge is 1.95. The van der Waals surface area contributed by atoms with Crippen LogP contribution in [-0.4, -0.2) is 11.3 Å². The minimum atomic E-state index is 0.419. The second kappa shape index (κ2) is 3.08. The topological polar surface area (TPSA) is 30.0 Å². The van der Waals surface area contributed by atoms with Gasteiger partial charge >= 0.3 is 0 Å². The SMILES string of the molecule is O=CCc1csc(Br)n1. The van der Waals surface area contributed by atoms with Crippen molar-refractivity contribution in [3.8, 4) is 0 Å². The van der Waals surface area contributed by atoms with Crippen LogP contribution in [0.25, 0.3) is 0 Å². The molecule has 0 atom stereocenters. The van der Waals surface area contributed by atoms with E-state index in [2.05, 4.69) is 20.9 Å². The number of aromatic nitrogens is 1. The normalized spacial score (nSPS) is 9.44. The maximum absolute atomic E-state index is 9.93. The molecule has 0 saturated carbocycles. The van der Waals surface area contributed by atoms with Crippen molar-refractivity contribution < 1.29 is 4.79 Å². The number of nitrogens with zero attached hydrogens (tertiary/aromatic N) is 1. The van der Waals surface area contributed by atoms with Crippen LogP contribution in [0.1, 0.15) is 5.69 Å². The molecule has 48 valence electrons. The quantitative estimate of drug-likeness (QED) is 0.688. The average Bonchev–Trinajstić information content (AvgIpc) is 2.17. The van der Waals surface area contributed by atoms with Crippen LogP contribution in [0.3, 0.4) is 0 Å². The summed E-state index contributed by atoms with van der Waals surface area (Å²) in [4.78, 5) is 13.9. The van der Waals surface area contributed by atoms with Gasteiger partial charge in [0.25, 0.3) is 0 Å². The van der Waals surface area contributed by atoms with Gasteiger partial charge in [-0.2, -0.15) is 0 Å². The fourth-order valence-electron chi connectivity index (χ4n) is 0.461. The van der Waals surface area contributed by atoms with Crippen molar-refractivity contribution in [3.05, 3.63) is 15.0 Å². The largest absolute Gasteiger partial charge is 0.303 e. The first kappa shape index (κ1) is 6.89. The van der Waals surface area contributed by atoms with E-state index in [0.29, 0.717) is 6.42 Å². The van der Waals surface area contributed by atoms with Crippen molar-refractivity contribution in [2.45, 2.75) is 6.42 Å². The minimum absolute atomic E-state index is 0.419. The standard InChI is InChI=1S/C5H4BrNOS/c6-5-7-4(1-2-8)3-9-5/h2-3H,1H2. The molecular formula is C5H4BrNOS. The van der Waals surface area contributed by atoms with Gasteiger partial charge in [0, 0.05) is 11.8 Å². The van der Waals surface area contributed by atoms with Gasteiger partial charge in [0.15, 0.2) is 3.92 Å². The summed E-state index contributed by atoms with van der Waals surface area (Å²) >= 11 is 4.68. The van der Waals surface area contributed by atoms with Crippen LogP contribution in [0, 0.1) is 0 Å². The first-order valence-electron chi connectivity index (χ1n) is 2.36. The van der Waals surface area contributed by atoms with Gasteiger partial charge in [-0.05, 0) is 15.9 Å². The minimum Gasteiger partial charge on any atom is -0.303 e. The van der Waals surface area contributed by atoms with Crippen LogP contribution < -0.4 is 0 Å². The molecule has 0 bridgehead atoms. The fraction of sp³-hybridized carbons (Fsp3) is 0.200. The molecule has 1 heterocycles. The lowest BCUT2D eigenvalue weighted by Crippen LogP contribution is -1.83. The fourth-order valence-corrected chi connectivity index (χ4v) is 1.52. The van der Waals surface area contributed by atoms with Crippen molar-refractivity contribution >= 4 is 33.6 Å². The van der Waals surface area contributed by atoms with Crippen molar-refractivity contribution in [1.29, 1.82) is 0 Å². The molecule has 2 nitrogen and oxygen atoms in total. The number of halogens is 1. The van der Waals surface area contributed by atoms with Crippen LogP contribution in [0.4, 0.5) is 0 Å². The number of thiazole rings is 1. The van der Waals surface area contributed by atoms with E-state index in [1.807, 2.05) is 5.38 Å². The van der Waals surface area contributed by atoms with Crippen molar-refractivity contribution in [2.75, 3.05) is 0 Å². The van der Waals surface area contributed by atoms with Gasteiger partial charge in [0.1, 0.15) is 6.29 Å². The van der Waals surface area contributed by atoms with E-state index in [0.717, 1.165) is 15.9 Å². The summed E-state index contributed by atoms with van der Waals surface area (Å²) in [6.07, 6.45) is 1.27. The molecule has 0 fully saturated rings. The first-order valence-corrected chi connectivity index (χ1v) is 4.03. The van der Waals surface area contributed by atoms with Crippen molar-refractivity contribution in [1.82, 2.24) is 4.98 Å². The number of carbonyl (C=O) groups is 1. The predicted molar refractivity (Wildman–Crippen MR) is 39.6 cm³/mol. The Morgan fingerprint density at radius 3 is 3.11 bits per heavy atom. The Balaban J connectivity index is 2.72. The van der Waals surface area contributed by atoms with E-state index in [1.165, 1.54) is 11.3 Å². The Morgan fingerprint density at radius 1 is 1.89 bits per heavy atom.